The molecule has 0 fully saturated rings. The first-order chi connectivity index (χ1) is 8.18. The molecule has 3 nitrogen and oxygen atoms in total. The van der Waals surface area contributed by atoms with Gasteiger partial charge < -0.3 is 9.88 Å². The molecular weight excluding hydrogens is 217 g/mol. The summed E-state index contributed by atoms with van der Waals surface area (Å²) in [4.78, 5) is 4.11. The van der Waals surface area contributed by atoms with Crippen LogP contribution in [0.25, 0.3) is 0 Å². The molecule has 0 amide bonds. The maximum absolute atomic E-state index is 13.4. The molecule has 0 saturated carbocycles. The molecule has 2 aromatic rings. The number of imidazole rings is 1. The van der Waals surface area contributed by atoms with Gasteiger partial charge in [0.25, 0.3) is 0 Å². The lowest BCUT2D eigenvalue weighted by atomic mass is 10.3. The van der Waals surface area contributed by atoms with Gasteiger partial charge in [0.1, 0.15) is 5.82 Å². The predicted molar refractivity (Wildman–Crippen MR) is 66.3 cm³/mol. The monoisotopic (exact) mass is 233 g/mol. The fourth-order valence-corrected chi connectivity index (χ4v) is 1.72. The lowest BCUT2D eigenvalue weighted by Gasteiger charge is -2.13. The fourth-order valence-electron chi connectivity index (χ4n) is 1.72. The second-order valence-corrected chi connectivity index (χ2v) is 4.22. The van der Waals surface area contributed by atoms with Crippen molar-refractivity contribution in [3.8, 4) is 0 Å². The van der Waals surface area contributed by atoms with Gasteiger partial charge in [0.05, 0.1) is 24.3 Å². The van der Waals surface area contributed by atoms with Crippen LogP contribution >= 0.6 is 0 Å². The summed E-state index contributed by atoms with van der Waals surface area (Å²) in [6.07, 6.45) is 3.59. The highest BCUT2D eigenvalue weighted by Gasteiger charge is 2.06. The summed E-state index contributed by atoms with van der Waals surface area (Å²) in [6, 6.07) is 7.02. The van der Waals surface area contributed by atoms with E-state index in [4.69, 9.17) is 0 Å². The number of nitrogens with one attached hydrogen (secondary N) is 1. The Morgan fingerprint density at radius 2 is 2.12 bits per heavy atom. The molecule has 4 heteroatoms. The Labute approximate surface area is 100 Å². The van der Waals surface area contributed by atoms with Gasteiger partial charge in [-0.05, 0) is 26.0 Å². The summed E-state index contributed by atoms with van der Waals surface area (Å²) < 4.78 is 15.5. The number of hydrogen-bond donors (Lipinski definition) is 1. The molecular formula is C13H16FN3. The van der Waals surface area contributed by atoms with Gasteiger partial charge in [0, 0.05) is 12.2 Å². The number of aromatic nitrogens is 2. The molecule has 1 heterocycles. The summed E-state index contributed by atoms with van der Waals surface area (Å²) in [7, 11) is 0. The van der Waals surface area contributed by atoms with Crippen LogP contribution in [0.1, 0.15) is 25.6 Å². The van der Waals surface area contributed by atoms with Crippen molar-refractivity contribution in [1.82, 2.24) is 9.55 Å². The third-order valence-corrected chi connectivity index (χ3v) is 2.64. The van der Waals surface area contributed by atoms with Gasteiger partial charge in [0.15, 0.2) is 0 Å². The first-order valence-electron chi connectivity index (χ1n) is 5.67. The molecule has 0 saturated heterocycles. The maximum atomic E-state index is 13.4. The summed E-state index contributed by atoms with van der Waals surface area (Å²) in [5.74, 6) is -0.233. The molecule has 0 unspecified atom stereocenters. The predicted octanol–water partition coefficient (Wildman–Crippen LogP) is 3.22. The Bertz CT molecular complexity index is 491. The summed E-state index contributed by atoms with van der Waals surface area (Å²) in [5.41, 5.74) is 1.56. The van der Waals surface area contributed by atoms with Crippen LogP contribution in [-0.4, -0.2) is 9.55 Å². The van der Waals surface area contributed by atoms with Crippen molar-refractivity contribution in [1.29, 1.82) is 0 Å². The molecule has 0 bridgehead atoms. The minimum atomic E-state index is -0.233. The Kier molecular flexibility index (Phi) is 3.42. The number of halogens is 1. The molecule has 0 radical (unpaired) electrons. The molecule has 0 spiro atoms. The second kappa shape index (κ2) is 4.99. The minimum absolute atomic E-state index is 0.233. The second-order valence-electron chi connectivity index (χ2n) is 4.22. The quantitative estimate of drug-likeness (QED) is 0.878. The third-order valence-electron chi connectivity index (χ3n) is 2.64. The van der Waals surface area contributed by atoms with Crippen LogP contribution in [0.15, 0.2) is 36.8 Å². The van der Waals surface area contributed by atoms with Gasteiger partial charge >= 0.3 is 0 Å². The van der Waals surface area contributed by atoms with Crippen LogP contribution in [0.3, 0.4) is 0 Å². The molecule has 0 atom stereocenters. The van der Waals surface area contributed by atoms with Crippen molar-refractivity contribution in [2.45, 2.75) is 26.4 Å². The highest BCUT2D eigenvalue weighted by molar-refractivity contribution is 5.44. The Hall–Kier alpha value is -1.84. The number of para-hydroxylation sites is 1. The molecule has 2 rings (SSSR count). The van der Waals surface area contributed by atoms with Gasteiger partial charge in [-0.15, -0.1) is 0 Å². The number of benzene rings is 1. The molecule has 1 aromatic heterocycles. The number of rotatable bonds is 4. The van der Waals surface area contributed by atoms with E-state index in [-0.39, 0.29) is 5.82 Å². The third kappa shape index (κ3) is 2.64. The fraction of sp³-hybridized carbons (Fsp3) is 0.308. The Morgan fingerprint density at radius 3 is 2.82 bits per heavy atom. The van der Waals surface area contributed by atoms with E-state index < -0.39 is 0 Å². The SMILES string of the molecule is CC(C)n1cncc1CNc1ccccc1F. The smallest absolute Gasteiger partial charge is 0.146 e. The van der Waals surface area contributed by atoms with E-state index in [1.807, 2.05) is 6.07 Å². The number of anilines is 1. The minimum Gasteiger partial charge on any atom is -0.377 e. The summed E-state index contributed by atoms with van der Waals surface area (Å²) in [6.45, 7) is 4.75. The van der Waals surface area contributed by atoms with Crippen molar-refractivity contribution < 1.29 is 4.39 Å². The molecule has 17 heavy (non-hydrogen) atoms. The molecule has 1 aromatic carbocycles. The van der Waals surface area contributed by atoms with Crippen LogP contribution in [0, 0.1) is 5.82 Å². The van der Waals surface area contributed by atoms with E-state index in [1.165, 1.54) is 6.07 Å². The van der Waals surface area contributed by atoms with Crippen LogP contribution < -0.4 is 5.32 Å². The average molecular weight is 233 g/mol. The first kappa shape index (κ1) is 11.6. The van der Waals surface area contributed by atoms with Crippen molar-refractivity contribution in [3.05, 3.63) is 48.3 Å². The van der Waals surface area contributed by atoms with Crippen molar-refractivity contribution >= 4 is 5.69 Å². The van der Waals surface area contributed by atoms with Crippen LogP contribution in [-0.2, 0) is 6.54 Å². The largest absolute Gasteiger partial charge is 0.377 e. The van der Waals surface area contributed by atoms with Crippen molar-refractivity contribution in [2.75, 3.05) is 5.32 Å². The van der Waals surface area contributed by atoms with Gasteiger partial charge in [-0.2, -0.15) is 0 Å². The topological polar surface area (TPSA) is 29.9 Å². The zero-order valence-corrected chi connectivity index (χ0v) is 10.0. The van der Waals surface area contributed by atoms with Crippen molar-refractivity contribution in [2.24, 2.45) is 0 Å². The normalized spacial score (nSPS) is 10.8. The van der Waals surface area contributed by atoms with Gasteiger partial charge in [-0.25, -0.2) is 9.37 Å². The molecule has 0 aliphatic carbocycles. The maximum Gasteiger partial charge on any atom is 0.146 e. The Balaban J connectivity index is 2.08. The molecule has 1 N–H and O–H groups in total. The van der Waals surface area contributed by atoms with Crippen LogP contribution in [0.4, 0.5) is 10.1 Å². The lowest BCUT2D eigenvalue weighted by molar-refractivity contribution is 0.576. The van der Waals surface area contributed by atoms with Crippen molar-refractivity contribution in [3.63, 3.8) is 0 Å². The Morgan fingerprint density at radius 1 is 1.35 bits per heavy atom. The van der Waals surface area contributed by atoms with Crippen LogP contribution in [0.5, 0.6) is 0 Å². The summed E-state index contributed by atoms with van der Waals surface area (Å²) >= 11 is 0. The van der Waals surface area contributed by atoms with Gasteiger partial charge in [-0.3, -0.25) is 0 Å². The van der Waals surface area contributed by atoms with Gasteiger partial charge in [0.2, 0.25) is 0 Å². The standard InChI is InChI=1S/C13H16FN3/c1-10(2)17-9-15-7-11(17)8-16-13-6-4-3-5-12(13)14/h3-7,9-10,16H,8H2,1-2H3. The molecule has 0 aliphatic rings. The van der Waals surface area contributed by atoms with E-state index >= 15 is 0 Å². The molecule has 90 valence electrons. The van der Waals surface area contributed by atoms with E-state index in [0.717, 1.165) is 5.69 Å². The average Bonchev–Trinajstić information content (AvgIpc) is 2.76. The number of nitrogens with zero attached hydrogens (tertiary/aromatic N) is 2. The molecule has 0 aliphatic heterocycles. The van der Waals surface area contributed by atoms with E-state index in [0.29, 0.717) is 18.3 Å². The lowest BCUT2D eigenvalue weighted by Crippen LogP contribution is -2.09. The van der Waals surface area contributed by atoms with E-state index in [2.05, 4.69) is 28.7 Å². The summed E-state index contributed by atoms with van der Waals surface area (Å²) in [5, 5.41) is 3.07. The highest BCUT2D eigenvalue weighted by Crippen LogP contribution is 2.15. The zero-order chi connectivity index (χ0) is 12.3. The van der Waals surface area contributed by atoms with Crippen LogP contribution in [0.2, 0.25) is 0 Å². The van der Waals surface area contributed by atoms with E-state index in [9.17, 15) is 4.39 Å². The zero-order valence-electron chi connectivity index (χ0n) is 10.0. The number of hydrogen-bond acceptors (Lipinski definition) is 2. The van der Waals surface area contributed by atoms with E-state index in [1.54, 1.807) is 24.7 Å². The van der Waals surface area contributed by atoms with Gasteiger partial charge in [-0.1, -0.05) is 12.1 Å². The highest BCUT2D eigenvalue weighted by atomic mass is 19.1. The first-order valence-corrected chi connectivity index (χ1v) is 5.67.